The summed E-state index contributed by atoms with van der Waals surface area (Å²) in [7, 11) is -3.13. The van der Waals surface area contributed by atoms with Crippen molar-refractivity contribution >= 4 is 15.7 Å². The lowest BCUT2D eigenvalue weighted by atomic mass is 10.1. The van der Waals surface area contributed by atoms with Crippen LogP contribution in [-0.4, -0.2) is 43.4 Å². The van der Waals surface area contributed by atoms with Crippen LogP contribution in [0.1, 0.15) is 48.1 Å². The minimum absolute atomic E-state index is 0.0166. The third kappa shape index (κ3) is 4.95. The fourth-order valence-corrected chi connectivity index (χ4v) is 5.11. The smallest absolute Gasteiger partial charge is 0.258 e. The van der Waals surface area contributed by atoms with E-state index in [1.807, 2.05) is 25.1 Å². The molecule has 0 radical (unpaired) electrons. The molecule has 0 spiro atoms. The maximum absolute atomic E-state index is 13.4. The van der Waals surface area contributed by atoms with Gasteiger partial charge in [-0.3, -0.25) is 4.79 Å². The minimum atomic E-state index is -3.13. The molecule has 0 bridgehead atoms. The van der Waals surface area contributed by atoms with Crippen LogP contribution in [0.25, 0.3) is 0 Å². The number of para-hydroxylation sites is 1. The number of aryl methyl sites for hydroxylation is 1. The number of ether oxygens (including phenoxy) is 1. The van der Waals surface area contributed by atoms with Gasteiger partial charge in [0.15, 0.2) is 9.84 Å². The quantitative estimate of drug-likeness (QED) is 0.627. The van der Waals surface area contributed by atoms with Crippen molar-refractivity contribution in [1.29, 1.82) is 0 Å². The Morgan fingerprint density at radius 1 is 1.25 bits per heavy atom. The van der Waals surface area contributed by atoms with Crippen molar-refractivity contribution in [2.45, 2.75) is 45.7 Å². The average Bonchev–Trinajstić information content (AvgIpc) is 3.24. The van der Waals surface area contributed by atoms with Gasteiger partial charge in [-0.15, -0.1) is 0 Å². The van der Waals surface area contributed by atoms with Crippen molar-refractivity contribution in [2.75, 3.05) is 18.1 Å². The molecule has 7 heteroatoms. The lowest BCUT2D eigenvalue weighted by molar-refractivity contribution is 0.0661. The summed E-state index contributed by atoms with van der Waals surface area (Å²) in [4.78, 5) is 15.0. The van der Waals surface area contributed by atoms with Gasteiger partial charge < -0.3 is 14.1 Å². The van der Waals surface area contributed by atoms with Crippen molar-refractivity contribution in [2.24, 2.45) is 0 Å². The van der Waals surface area contributed by atoms with Gasteiger partial charge in [-0.25, -0.2) is 8.42 Å². The molecule has 3 rings (SSSR count). The van der Waals surface area contributed by atoms with Crippen LogP contribution in [0, 0.1) is 6.92 Å². The first-order valence-corrected chi connectivity index (χ1v) is 11.5. The molecule has 0 unspecified atom stereocenters. The van der Waals surface area contributed by atoms with Crippen LogP contribution in [0.3, 0.4) is 0 Å². The zero-order valence-corrected chi connectivity index (χ0v) is 17.2. The summed E-state index contributed by atoms with van der Waals surface area (Å²) >= 11 is 0. The van der Waals surface area contributed by atoms with E-state index in [0.717, 1.165) is 18.6 Å². The second kappa shape index (κ2) is 8.82. The lowest BCUT2D eigenvalue weighted by Gasteiger charge is -2.28. The molecule has 1 aromatic heterocycles. The van der Waals surface area contributed by atoms with E-state index in [4.69, 9.17) is 9.15 Å². The number of rotatable bonds is 8. The predicted molar refractivity (Wildman–Crippen MR) is 107 cm³/mol. The van der Waals surface area contributed by atoms with Gasteiger partial charge in [-0.05, 0) is 44.0 Å². The van der Waals surface area contributed by atoms with Gasteiger partial charge in [0, 0.05) is 6.04 Å². The number of carbonyl (C=O) groups excluding carboxylic acids is 1. The minimum Gasteiger partial charge on any atom is -0.493 e. The van der Waals surface area contributed by atoms with Crippen molar-refractivity contribution in [1.82, 2.24) is 4.90 Å². The predicted octanol–water partition coefficient (Wildman–Crippen LogP) is 3.60. The first-order chi connectivity index (χ1) is 13.4. The van der Waals surface area contributed by atoms with Crippen LogP contribution >= 0.6 is 0 Å². The molecular formula is C21H27NO5S. The standard InChI is InChI=1S/C21H27NO5S/c1-3-4-12-26-20-8-6-5-7-19(20)21(23)22(14-18-10-9-16(2)27-18)17-11-13-28(24,25)15-17/h5-10,17H,3-4,11-15H2,1-2H3/t17-/m1/s1. The summed E-state index contributed by atoms with van der Waals surface area (Å²) in [5.41, 5.74) is 0.450. The number of sulfone groups is 1. The van der Waals surface area contributed by atoms with Gasteiger partial charge in [-0.2, -0.15) is 0 Å². The lowest BCUT2D eigenvalue weighted by Crippen LogP contribution is -2.40. The van der Waals surface area contributed by atoms with Crippen LogP contribution in [0.4, 0.5) is 0 Å². The second-order valence-corrected chi connectivity index (χ2v) is 9.43. The Morgan fingerprint density at radius 2 is 2.04 bits per heavy atom. The summed E-state index contributed by atoms with van der Waals surface area (Å²) < 4.78 is 35.5. The number of amides is 1. The molecule has 0 N–H and O–H groups in total. The topological polar surface area (TPSA) is 76.8 Å². The van der Waals surface area contributed by atoms with Gasteiger partial charge >= 0.3 is 0 Å². The fourth-order valence-electron chi connectivity index (χ4n) is 3.38. The van der Waals surface area contributed by atoms with Crippen molar-refractivity contribution in [3.05, 3.63) is 53.5 Å². The highest BCUT2D eigenvalue weighted by Gasteiger charge is 2.36. The number of benzene rings is 1. The van der Waals surface area contributed by atoms with Crippen LogP contribution in [-0.2, 0) is 16.4 Å². The number of nitrogens with zero attached hydrogens (tertiary/aromatic N) is 1. The SMILES string of the molecule is CCCCOc1ccccc1C(=O)N(Cc1ccc(C)o1)[C@@H]1CCS(=O)(=O)C1. The van der Waals surface area contributed by atoms with E-state index in [9.17, 15) is 13.2 Å². The molecule has 1 aromatic carbocycles. The Balaban J connectivity index is 1.88. The molecule has 0 saturated carbocycles. The Labute approximate surface area is 166 Å². The summed E-state index contributed by atoms with van der Waals surface area (Å²) in [6.07, 6.45) is 2.34. The van der Waals surface area contributed by atoms with Crippen LogP contribution in [0.15, 0.2) is 40.8 Å². The van der Waals surface area contributed by atoms with Crippen LogP contribution in [0.2, 0.25) is 0 Å². The third-order valence-corrected chi connectivity index (χ3v) is 6.66. The first kappa shape index (κ1) is 20.5. The van der Waals surface area contributed by atoms with E-state index in [-0.39, 0.29) is 30.0 Å². The Hall–Kier alpha value is -2.28. The fraction of sp³-hybridized carbons (Fsp3) is 0.476. The van der Waals surface area contributed by atoms with Crippen molar-refractivity contribution < 1.29 is 22.4 Å². The van der Waals surface area contributed by atoms with E-state index in [0.29, 0.717) is 30.1 Å². The molecule has 1 saturated heterocycles. The van der Waals surface area contributed by atoms with Crippen LogP contribution in [0.5, 0.6) is 5.75 Å². The number of furan rings is 1. The molecular weight excluding hydrogens is 378 g/mol. The van der Waals surface area contributed by atoms with Crippen molar-refractivity contribution in [3.8, 4) is 5.75 Å². The summed E-state index contributed by atoms with van der Waals surface area (Å²) in [6, 6.07) is 10.4. The number of hydrogen-bond acceptors (Lipinski definition) is 5. The molecule has 1 aliphatic heterocycles. The molecule has 1 amide bonds. The van der Waals surface area contributed by atoms with E-state index < -0.39 is 9.84 Å². The van der Waals surface area contributed by atoms with Crippen molar-refractivity contribution in [3.63, 3.8) is 0 Å². The number of carbonyl (C=O) groups is 1. The molecule has 2 heterocycles. The Bertz CT molecular complexity index is 918. The maximum atomic E-state index is 13.4. The summed E-state index contributed by atoms with van der Waals surface area (Å²) in [5, 5.41) is 0. The monoisotopic (exact) mass is 405 g/mol. The second-order valence-electron chi connectivity index (χ2n) is 7.20. The van der Waals surface area contributed by atoms with E-state index >= 15 is 0 Å². The molecule has 6 nitrogen and oxygen atoms in total. The van der Waals surface area contributed by atoms with Gasteiger partial charge in [0.1, 0.15) is 17.3 Å². The Morgan fingerprint density at radius 3 is 2.68 bits per heavy atom. The maximum Gasteiger partial charge on any atom is 0.258 e. The van der Waals surface area contributed by atoms with Gasteiger partial charge in [0.2, 0.25) is 0 Å². The highest BCUT2D eigenvalue weighted by Crippen LogP contribution is 2.26. The highest BCUT2D eigenvalue weighted by molar-refractivity contribution is 7.91. The number of unbranched alkanes of at least 4 members (excludes halogenated alkanes) is 1. The normalized spacial score (nSPS) is 18.1. The van der Waals surface area contributed by atoms with E-state index in [2.05, 4.69) is 6.92 Å². The zero-order chi connectivity index (χ0) is 20.1. The molecule has 0 aliphatic carbocycles. The zero-order valence-electron chi connectivity index (χ0n) is 16.4. The molecule has 28 heavy (non-hydrogen) atoms. The van der Waals surface area contributed by atoms with E-state index in [1.54, 1.807) is 23.1 Å². The van der Waals surface area contributed by atoms with Crippen LogP contribution < -0.4 is 4.74 Å². The van der Waals surface area contributed by atoms with Gasteiger partial charge in [0.05, 0.1) is 30.2 Å². The average molecular weight is 406 g/mol. The molecule has 1 atom stereocenters. The molecule has 1 fully saturated rings. The Kier molecular flexibility index (Phi) is 6.44. The summed E-state index contributed by atoms with van der Waals surface area (Å²) in [5.74, 6) is 1.78. The van der Waals surface area contributed by atoms with Gasteiger partial charge in [0.25, 0.3) is 5.91 Å². The van der Waals surface area contributed by atoms with E-state index in [1.165, 1.54) is 0 Å². The molecule has 2 aromatic rings. The van der Waals surface area contributed by atoms with Gasteiger partial charge in [-0.1, -0.05) is 25.5 Å². The molecule has 152 valence electrons. The third-order valence-electron chi connectivity index (χ3n) is 4.91. The summed E-state index contributed by atoms with van der Waals surface area (Å²) in [6.45, 7) is 4.69. The number of hydrogen-bond donors (Lipinski definition) is 0. The molecule has 1 aliphatic rings. The first-order valence-electron chi connectivity index (χ1n) is 9.68. The highest BCUT2D eigenvalue weighted by atomic mass is 32.2. The largest absolute Gasteiger partial charge is 0.493 e.